The van der Waals surface area contributed by atoms with Crippen molar-refractivity contribution < 1.29 is 29.2 Å². The summed E-state index contributed by atoms with van der Waals surface area (Å²) in [6.45, 7) is 3.40. The van der Waals surface area contributed by atoms with Gasteiger partial charge in [-0.2, -0.15) is 0 Å². The molecule has 1 aliphatic rings. The molecule has 3 heterocycles. The molecule has 34 heavy (non-hydrogen) atoms. The highest BCUT2D eigenvalue weighted by Crippen LogP contribution is 2.44. The first-order valence-corrected chi connectivity index (χ1v) is 11.7. The lowest BCUT2D eigenvalue weighted by Gasteiger charge is -2.24. The number of non-ortho nitro benzene ring substituents is 1. The van der Waals surface area contributed by atoms with Crippen molar-refractivity contribution in [1.29, 1.82) is 0 Å². The van der Waals surface area contributed by atoms with Gasteiger partial charge in [-0.3, -0.25) is 24.6 Å². The number of aryl methyl sites for hydroxylation is 1. The fourth-order valence-corrected chi connectivity index (χ4v) is 5.21. The Morgan fingerprint density at radius 1 is 1.26 bits per heavy atom. The van der Waals surface area contributed by atoms with Crippen LogP contribution in [0.15, 0.2) is 53.1 Å². The number of esters is 1. The lowest BCUT2D eigenvalue weighted by molar-refractivity contribution is -0.384. The number of aliphatic hydroxyl groups is 1. The van der Waals surface area contributed by atoms with Gasteiger partial charge in [-0.1, -0.05) is 17.4 Å². The van der Waals surface area contributed by atoms with Gasteiger partial charge in [-0.15, -0.1) is 11.3 Å². The number of ketones is 1. The van der Waals surface area contributed by atoms with Crippen LogP contribution < -0.4 is 4.90 Å². The van der Waals surface area contributed by atoms with Crippen molar-refractivity contribution in [2.45, 2.75) is 19.9 Å². The van der Waals surface area contributed by atoms with E-state index in [1.54, 1.807) is 31.4 Å². The van der Waals surface area contributed by atoms with Gasteiger partial charge >= 0.3 is 5.97 Å². The molecular weight excluding hydrogens is 482 g/mol. The van der Waals surface area contributed by atoms with Gasteiger partial charge in [-0.25, -0.2) is 9.78 Å². The van der Waals surface area contributed by atoms with E-state index in [0.29, 0.717) is 16.1 Å². The molecule has 1 aromatic carbocycles. The second kappa shape index (κ2) is 9.15. The highest BCUT2D eigenvalue weighted by Gasteiger charge is 2.46. The number of nitrogens with zero attached hydrogens (tertiary/aromatic N) is 3. The van der Waals surface area contributed by atoms with E-state index >= 15 is 0 Å². The van der Waals surface area contributed by atoms with Crippen LogP contribution >= 0.6 is 22.7 Å². The minimum atomic E-state index is -1.11. The Hall–Kier alpha value is -3.90. The maximum atomic E-state index is 13.3. The van der Waals surface area contributed by atoms with Gasteiger partial charge in [0.05, 0.1) is 33.7 Å². The number of nitro groups is 1. The predicted molar refractivity (Wildman–Crippen MR) is 124 cm³/mol. The van der Waals surface area contributed by atoms with E-state index in [9.17, 15) is 29.6 Å². The van der Waals surface area contributed by atoms with Crippen LogP contribution in [0.3, 0.4) is 0 Å². The molecular formula is C22H17N3O7S2. The summed E-state index contributed by atoms with van der Waals surface area (Å²) in [4.78, 5) is 55.2. The molecule has 0 fully saturated rings. The summed E-state index contributed by atoms with van der Waals surface area (Å²) in [5.74, 6) is -2.76. The summed E-state index contributed by atoms with van der Waals surface area (Å²) in [6.07, 6.45) is 0. The van der Waals surface area contributed by atoms with Crippen LogP contribution in [0.2, 0.25) is 0 Å². The third kappa shape index (κ3) is 3.97. The Labute approximate surface area is 200 Å². The summed E-state index contributed by atoms with van der Waals surface area (Å²) in [5.41, 5.74) is 0.333. The lowest BCUT2D eigenvalue weighted by Crippen LogP contribution is -2.31. The van der Waals surface area contributed by atoms with Gasteiger partial charge in [0.2, 0.25) is 5.78 Å². The number of carbonyl (C=O) groups is 3. The molecule has 4 rings (SSSR count). The van der Waals surface area contributed by atoms with Crippen molar-refractivity contribution in [3.8, 4) is 0 Å². The number of rotatable bonds is 7. The minimum Gasteiger partial charge on any atom is -0.503 e. The zero-order valence-electron chi connectivity index (χ0n) is 17.9. The molecule has 0 saturated heterocycles. The lowest BCUT2D eigenvalue weighted by atomic mass is 9.95. The first-order valence-electron chi connectivity index (χ1n) is 9.98. The van der Waals surface area contributed by atoms with Crippen LogP contribution in [0.4, 0.5) is 10.8 Å². The van der Waals surface area contributed by atoms with Crippen molar-refractivity contribution in [1.82, 2.24) is 4.98 Å². The van der Waals surface area contributed by atoms with Crippen molar-refractivity contribution in [3.05, 3.63) is 84.2 Å². The van der Waals surface area contributed by atoms with Gasteiger partial charge < -0.3 is 9.84 Å². The van der Waals surface area contributed by atoms with Crippen LogP contribution in [0.5, 0.6) is 0 Å². The van der Waals surface area contributed by atoms with Crippen LogP contribution in [0.1, 0.15) is 43.6 Å². The Bertz CT molecular complexity index is 1330. The highest BCUT2D eigenvalue weighted by molar-refractivity contribution is 7.17. The largest absolute Gasteiger partial charge is 0.503 e. The van der Waals surface area contributed by atoms with Gasteiger partial charge in [0.15, 0.2) is 10.9 Å². The van der Waals surface area contributed by atoms with E-state index in [0.717, 1.165) is 27.6 Å². The smallest absolute Gasteiger partial charge is 0.350 e. The van der Waals surface area contributed by atoms with Crippen LogP contribution in [0.25, 0.3) is 0 Å². The molecule has 1 aliphatic heterocycles. The molecule has 0 unspecified atom stereocenters. The number of aliphatic hydroxyl groups excluding tert-OH is 1. The fourth-order valence-electron chi connectivity index (χ4n) is 3.54. The van der Waals surface area contributed by atoms with Crippen LogP contribution in [-0.2, 0) is 9.53 Å². The zero-order valence-corrected chi connectivity index (χ0v) is 19.5. The number of amides is 1. The Balaban J connectivity index is 1.85. The minimum absolute atomic E-state index is 0.0782. The van der Waals surface area contributed by atoms with E-state index in [-0.39, 0.29) is 27.9 Å². The van der Waals surface area contributed by atoms with Gasteiger partial charge in [-0.05, 0) is 43.0 Å². The first-order chi connectivity index (χ1) is 16.2. The predicted octanol–water partition coefficient (Wildman–Crippen LogP) is 4.38. The van der Waals surface area contributed by atoms with Gasteiger partial charge in [0.25, 0.3) is 11.6 Å². The molecule has 3 aromatic rings. The number of ether oxygens (including phenoxy) is 1. The summed E-state index contributed by atoms with van der Waals surface area (Å²) < 4.78 is 5.04. The van der Waals surface area contributed by atoms with Gasteiger partial charge in [0.1, 0.15) is 4.88 Å². The van der Waals surface area contributed by atoms with Crippen LogP contribution in [-0.4, -0.2) is 39.3 Å². The maximum Gasteiger partial charge on any atom is 0.350 e. The molecule has 174 valence electrons. The Morgan fingerprint density at radius 3 is 2.56 bits per heavy atom. The number of benzene rings is 1. The number of thiophene rings is 1. The summed E-state index contributed by atoms with van der Waals surface area (Å²) in [5, 5.41) is 23.6. The summed E-state index contributed by atoms with van der Waals surface area (Å²) >= 11 is 2.04. The Morgan fingerprint density at radius 2 is 1.97 bits per heavy atom. The third-order valence-electron chi connectivity index (χ3n) is 5.07. The molecule has 0 radical (unpaired) electrons. The fraction of sp³-hybridized carbons (Fsp3) is 0.182. The summed E-state index contributed by atoms with van der Waals surface area (Å²) in [7, 11) is 0. The van der Waals surface area contributed by atoms with Crippen molar-refractivity contribution in [2.24, 2.45) is 0 Å². The van der Waals surface area contributed by atoms with Gasteiger partial charge in [0, 0.05) is 12.1 Å². The van der Waals surface area contributed by atoms with E-state index < -0.39 is 34.4 Å². The molecule has 0 bridgehead atoms. The van der Waals surface area contributed by atoms with E-state index in [1.165, 1.54) is 24.3 Å². The molecule has 1 amide bonds. The molecule has 0 saturated carbocycles. The van der Waals surface area contributed by atoms with E-state index in [2.05, 4.69) is 4.98 Å². The number of hydrogen-bond donors (Lipinski definition) is 1. The molecule has 12 heteroatoms. The average Bonchev–Trinajstić information content (AvgIpc) is 3.53. The normalized spacial score (nSPS) is 15.6. The molecule has 2 aromatic heterocycles. The monoisotopic (exact) mass is 499 g/mol. The number of thiazole rings is 1. The molecule has 10 nitrogen and oxygen atoms in total. The SMILES string of the molecule is CCOC(=O)c1sc(N2C(=O)C(O)=C(C(=O)c3cccs3)[C@@H]2c2ccc([N+](=O)[O-])cc2)nc1C. The van der Waals surface area contributed by atoms with Crippen molar-refractivity contribution in [3.63, 3.8) is 0 Å². The Kier molecular flexibility index (Phi) is 6.26. The molecule has 1 N–H and O–H groups in total. The van der Waals surface area contributed by atoms with Crippen molar-refractivity contribution >= 4 is 51.2 Å². The molecule has 0 aliphatic carbocycles. The number of carbonyl (C=O) groups excluding carboxylic acids is 3. The highest BCUT2D eigenvalue weighted by atomic mass is 32.1. The number of anilines is 1. The second-order valence-corrected chi connectivity index (χ2v) is 9.05. The average molecular weight is 500 g/mol. The topological polar surface area (TPSA) is 140 Å². The first kappa shape index (κ1) is 23.3. The maximum absolute atomic E-state index is 13.3. The molecule has 1 atom stereocenters. The number of nitro benzene ring substituents is 1. The quantitative estimate of drug-likeness (QED) is 0.219. The zero-order chi connectivity index (χ0) is 24.6. The number of Topliss-reactive ketones (excluding diaryl/α,β-unsaturated/α-hetero) is 1. The standard InChI is InChI=1S/C22H17N3O7S2/c1-3-32-21(29)19-11(2)23-22(34-19)24-16(12-6-8-13(9-7-12)25(30)31)15(18(27)20(24)28)17(26)14-5-4-10-33-14/h4-10,16,27H,3H2,1-2H3/t16-/m0/s1. The number of hydrogen-bond acceptors (Lipinski definition) is 10. The van der Waals surface area contributed by atoms with E-state index in [1.807, 2.05) is 0 Å². The summed E-state index contributed by atoms with van der Waals surface area (Å²) in [6, 6.07) is 7.45. The molecule has 0 spiro atoms. The van der Waals surface area contributed by atoms with Crippen molar-refractivity contribution in [2.75, 3.05) is 11.5 Å². The number of aromatic nitrogens is 1. The van der Waals surface area contributed by atoms with E-state index in [4.69, 9.17) is 4.74 Å². The third-order valence-corrected chi connectivity index (χ3v) is 7.07. The second-order valence-electron chi connectivity index (χ2n) is 7.13. The van der Waals surface area contributed by atoms with Crippen LogP contribution in [0, 0.1) is 17.0 Å².